The number of benzene rings is 2. The van der Waals surface area contributed by atoms with Crippen molar-refractivity contribution in [2.24, 2.45) is 11.3 Å². The van der Waals surface area contributed by atoms with E-state index in [1.54, 1.807) is 18.2 Å². The number of likely N-dealkylation sites (tertiary alicyclic amines) is 1. The number of ether oxygens (including phenoxy) is 3. The van der Waals surface area contributed by atoms with Crippen LogP contribution >= 0.6 is 0 Å². The van der Waals surface area contributed by atoms with Crippen LogP contribution in [0.2, 0.25) is 0 Å². The third-order valence-corrected chi connectivity index (χ3v) is 9.11. The number of halogens is 3. The van der Waals surface area contributed by atoms with Gasteiger partial charge in [-0.3, -0.25) is 4.79 Å². The van der Waals surface area contributed by atoms with Crippen LogP contribution in [-0.4, -0.2) is 76.7 Å². The molecule has 1 aromatic heterocycles. The quantitative estimate of drug-likeness (QED) is 0.288. The van der Waals surface area contributed by atoms with E-state index in [4.69, 9.17) is 22.9 Å². The molecule has 0 atom stereocenters. The summed E-state index contributed by atoms with van der Waals surface area (Å²) in [6.45, 7) is 2.89. The molecule has 0 aliphatic carbocycles. The van der Waals surface area contributed by atoms with Gasteiger partial charge in [0, 0.05) is 19.8 Å². The molecular weight excluding hydrogens is 593 g/mol. The van der Waals surface area contributed by atoms with E-state index in [2.05, 4.69) is 10.1 Å². The summed E-state index contributed by atoms with van der Waals surface area (Å²) in [4.78, 5) is 15.4. The Morgan fingerprint density at radius 2 is 1.77 bits per heavy atom. The van der Waals surface area contributed by atoms with Gasteiger partial charge in [0.2, 0.25) is 0 Å². The Morgan fingerprint density at radius 3 is 2.44 bits per heavy atom. The second kappa shape index (κ2) is 12.7. The van der Waals surface area contributed by atoms with E-state index in [9.17, 15) is 26.4 Å². The number of piperidine rings is 1. The largest absolute Gasteiger partial charge is 0.483 e. The van der Waals surface area contributed by atoms with Crippen LogP contribution in [0.1, 0.15) is 31.2 Å². The molecule has 2 fully saturated rings. The van der Waals surface area contributed by atoms with Gasteiger partial charge in [-0.1, -0.05) is 23.8 Å². The Hall–Kier alpha value is -3.36. The molecule has 0 bridgehead atoms. The number of alkyl halides is 3. The summed E-state index contributed by atoms with van der Waals surface area (Å²) in [5.41, 5.74) is 0.114. The first-order valence-electron chi connectivity index (χ1n) is 14.0. The predicted octanol–water partition coefficient (Wildman–Crippen LogP) is 4.90. The lowest BCUT2D eigenvalue weighted by Gasteiger charge is -2.41. The van der Waals surface area contributed by atoms with Crippen LogP contribution in [-0.2, 0) is 23.8 Å². The smallest absolute Gasteiger partial charge is 0.422 e. The lowest BCUT2D eigenvalue weighted by atomic mass is 9.79. The van der Waals surface area contributed by atoms with E-state index < -0.39 is 34.3 Å². The molecule has 10 nitrogen and oxygen atoms in total. The topological polar surface area (TPSA) is 117 Å². The minimum atomic E-state index is -4.50. The van der Waals surface area contributed by atoms with Crippen molar-refractivity contribution in [2.45, 2.75) is 43.7 Å². The fraction of sp³-hybridized carbons (Fsp3) is 0.517. The van der Waals surface area contributed by atoms with Crippen LogP contribution in [0.15, 0.2) is 51.9 Å². The molecule has 0 N–H and O–H groups in total. The third-order valence-electron chi connectivity index (χ3n) is 7.89. The fourth-order valence-corrected chi connectivity index (χ4v) is 6.32. The summed E-state index contributed by atoms with van der Waals surface area (Å²) in [6, 6.07) is 10.6. The number of hydrogen-bond acceptors (Lipinski definition) is 10. The van der Waals surface area contributed by atoms with Gasteiger partial charge >= 0.3 is 22.3 Å². The number of rotatable bonds is 10. The molecule has 2 aliphatic heterocycles. The maximum Gasteiger partial charge on any atom is 0.422 e. The van der Waals surface area contributed by atoms with Gasteiger partial charge in [-0.15, -0.1) is 0 Å². The van der Waals surface area contributed by atoms with Crippen molar-refractivity contribution < 1.29 is 49.3 Å². The second-order valence-corrected chi connectivity index (χ2v) is 12.6. The molecule has 3 heterocycles. The van der Waals surface area contributed by atoms with Crippen LogP contribution in [0, 0.1) is 18.3 Å². The van der Waals surface area contributed by atoms with Gasteiger partial charge in [0.15, 0.2) is 12.2 Å². The van der Waals surface area contributed by atoms with Crippen LogP contribution in [0.5, 0.6) is 11.6 Å². The number of aromatic nitrogens is 1. The van der Waals surface area contributed by atoms with Gasteiger partial charge in [-0.25, -0.2) is 0 Å². The van der Waals surface area contributed by atoms with Crippen LogP contribution in [0.4, 0.5) is 13.2 Å². The van der Waals surface area contributed by atoms with Gasteiger partial charge in [-0.2, -0.15) is 21.6 Å². The van der Waals surface area contributed by atoms with Crippen LogP contribution in [0.3, 0.4) is 0 Å². The van der Waals surface area contributed by atoms with Gasteiger partial charge in [0.05, 0.1) is 12.0 Å². The van der Waals surface area contributed by atoms with E-state index in [0.717, 1.165) is 18.4 Å². The number of carbonyl (C=O) groups excluding carboxylic acids is 1. The SMILES string of the molecule is Cc1ccc(S(=O)(=O)OC(=O)C2(CN3CCC(COc4noc5cccc(OCC(F)(F)F)c45)CC3)CCOCC2)cc1. The van der Waals surface area contributed by atoms with Crippen molar-refractivity contribution in [3.05, 3.63) is 48.0 Å². The molecule has 0 unspecified atom stereocenters. The van der Waals surface area contributed by atoms with Crippen molar-refractivity contribution in [3.63, 3.8) is 0 Å². The highest BCUT2D eigenvalue weighted by Crippen LogP contribution is 2.37. The number of nitrogens with zero attached hydrogens (tertiary/aromatic N) is 2. The summed E-state index contributed by atoms with van der Waals surface area (Å²) >= 11 is 0. The minimum absolute atomic E-state index is 0.0288. The lowest BCUT2D eigenvalue weighted by molar-refractivity contribution is -0.154. The fourth-order valence-electron chi connectivity index (χ4n) is 5.38. The number of hydrogen-bond donors (Lipinski definition) is 0. The number of aryl methyl sites for hydroxylation is 1. The molecule has 0 spiro atoms. The molecule has 0 saturated carbocycles. The molecule has 3 aromatic rings. The summed E-state index contributed by atoms with van der Waals surface area (Å²) < 4.78 is 90.5. The van der Waals surface area contributed by atoms with E-state index in [1.807, 2.05) is 6.92 Å². The Kier molecular flexibility index (Phi) is 9.18. The average Bonchev–Trinajstić information content (AvgIpc) is 3.39. The van der Waals surface area contributed by atoms with Gasteiger partial charge in [0.25, 0.3) is 5.88 Å². The number of fused-ring (bicyclic) bond motifs is 1. The maximum atomic E-state index is 13.4. The molecule has 0 amide bonds. The zero-order chi connectivity index (χ0) is 30.7. The monoisotopic (exact) mass is 626 g/mol. The van der Waals surface area contributed by atoms with Crippen molar-refractivity contribution in [3.8, 4) is 11.6 Å². The Morgan fingerprint density at radius 1 is 1.07 bits per heavy atom. The predicted molar refractivity (Wildman–Crippen MR) is 147 cm³/mol. The van der Waals surface area contributed by atoms with Crippen molar-refractivity contribution in [2.75, 3.05) is 46.1 Å². The second-order valence-electron chi connectivity index (χ2n) is 11.1. The molecule has 14 heteroatoms. The first-order chi connectivity index (χ1) is 20.4. The molecule has 2 saturated heterocycles. The zero-order valence-corrected chi connectivity index (χ0v) is 24.4. The zero-order valence-electron chi connectivity index (χ0n) is 23.6. The summed E-state index contributed by atoms with van der Waals surface area (Å²) in [5.74, 6) is -0.623. The third kappa shape index (κ3) is 7.60. The lowest BCUT2D eigenvalue weighted by Crippen LogP contribution is -2.50. The van der Waals surface area contributed by atoms with Crippen molar-refractivity contribution in [1.29, 1.82) is 0 Å². The number of carbonyl (C=O) groups is 1. The van der Waals surface area contributed by atoms with Crippen molar-refractivity contribution >= 4 is 27.1 Å². The van der Waals surface area contributed by atoms with Crippen LogP contribution in [0.25, 0.3) is 11.0 Å². The van der Waals surface area contributed by atoms with Crippen LogP contribution < -0.4 is 9.47 Å². The molecule has 2 aliphatic rings. The first kappa shape index (κ1) is 31.1. The Labute approximate surface area is 247 Å². The first-order valence-corrected chi connectivity index (χ1v) is 15.4. The van der Waals surface area contributed by atoms with Gasteiger partial charge < -0.3 is 27.8 Å². The molecular formula is C29H33F3N2O8S. The summed E-state index contributed by atoms with van der Waals surface area (Å²) in [7, 11) is -4.28. The minimum Gasteiger partial charge on any atom is -0.483 e. The average molecular weight is 627 g/mol. The van der Waals surface area contributed by atoms with E-state index in [1.165, 1.54) is 24.3 Å². The highest BCUT2D eigenvalue weighted by Gasteiger charge is 2.45. The normalized spacial score (nSPS) is 18.4. The van der Waals surface area contributed by atoms with E-state index >= 15 is 0 Å². The summed E-state index contributed by atoms with van der Waals surface area (Å²) in [6.07, 6.45) is -2.37. The standard InChI is InChI=1S/C29H33F3N2O8S/c1-20-5-7-22(8-6-20)43(36,37)42-27(35)28(11-15-38-16-12-28)18-34-13-9-21(10-14-34)17-39-26-25-23(40-19-29(30,31)32)3-2-4-24(25)41-33-26/h2-8,21H,9-19H2,1H3. The highest BCUT2D eigenvalue weighted by atomic mass is 32.2. The summed E-state index contributed by atoms with van der Waals surface area (Å²) in [5, 5.41) is 4.12. The molecule has 234 valence electrons. The van der Waals surface area contributed by atoms with E-state index in [0.29, 0.717) is 45.7 Å². The molecule has 5 rings (SSSR count). The Balaban J connectivity index is 1.18. The molecule has 0 radical (unpaired) electrons. The maximum absolute atomic E-state index is 13.4. The van der Waals surface area contributed by atoms with Gasteiger partial charge in [-0.05, 0) is 81.0 Å². The molecule has 2 aromatic carbocycles. The molecule has 43 heavy (non-hydrogen) atoms. The highest BCUT2D eigenvalue weighted by molar-refractivity contribution is 7.87. The van der Waals surface area contributed by atoms with Gasteiger partial charge in [0.1, 0.15) is 16.0 Å². The Bertz CT molecular complexity index is 1510. The van der Waals surface area contributed by atoms with E-state index in [-0.39, 0.29) is 40.0 Å². The van der Waals surface area contributed by atoms with Crippen molar-refractivity contribution in [1.82, 2.24) is 10.1 Å².